The van der Waals surface area contributed by atoms with Crippen LogP contribution in [0.25, 0.3) is 0 Å². The van der Waals surface area contributed by atoms with Gasteiger partial charge in [-0.2, -0.15) is 0 Å². The van der Waals surface area contributed by atoms with E-state index in [0.717, 1.165) is 35.5 Å². The molecule has 1 aromatic rings. The molecule has 20 heavy (non-hydrogen) atoms. The molecule has 3 saturated carbocycles. The predicted octanol–water partition coefficient (Wildman–Crippen LogP) is 5.50. The first-order chi connectivity index (χ1) is 9.62. The van der Waals surface area contributed by atoms with Crippen molar-refractivity contribution in [2.45, 2.75) is 52.4 Å². The van der Waals surface area contributed by atoms with Crippen LogP contribution in [-0.2, 0) is 0 Å². The van der Waals surface area contributed by atoms with E-state index in [1.54, 1.807) is 5.56 Å². The van der Waals surface area contributed by atoms with Gasteiger partial charge in [-0.3, -0.25) is 0 Å². The minimum absolute atomic E-state index is 0.580. The molecule has 3 aliphatic carbocycles. The molecule has 0 amide bonds. The van der Waals surface area contributed by atoms with Crippen molar-refractivity contribution in [2.75, 3.05) is 0 Å². The maximum absolute atomic E-state index is 2.64. The normalized spacial score (nSPS) is 46.1. The standard InChI is InChI=1S/C20H28/c1-13(2)20(3)17-10-9-15-11-16(12-17)18(19(15)20)14-7-5-4-6-8-14/h4-8,13,15-19H,9-12H2,1-3H3. The zero-order chi connectivity index (χ0) is 13.9. The lowest BCUT2D eigenvalue weighted by atomic mass is 9.48. The van der Waals surface area contributed by atoms with Crippen LogP contribution in [0, 0.1) is 35.0 Å². The number of benzene rings is 1. The third kappa shape index (κ3) is 1.54. The second-order valence-electron chi connectivity index (χ2n) is 8.25. The van der Waals surface area contributed by atoms with Gasteiger partial charge in [0.15, 0.2) is 0 Å². The molecular weight excluding hydrogens is 240 g/mol. The molecular formula is C20H28. The molecule has 0 radical (unpaired) electrons. The van der Waals surface area contributed by atoms with Crippen LogP contribution < -0.4 is 0 Å². The molecule has 0 spiro atoms. The third-order valence-corrected chi connectivity index (χ3v) is 7.51. The van der Waals surface area contributed by atoms with E-state index in [9.17, 15) is 0 Å². The topological polar surface area (TPSA) is 0 Å². The number of hydrogen-bond acceptors (Lipinski definition) is 0. The molecule has 3 fully saturated rings. The Bertz CT molecular complexity index is 488. The molecule has 0 saturated heterocycles. The van der Waals surface area contributed by atoms with E-state index in [1.165, 1.54) is 25.7 Å². The fourth-order valence-corrected chi connectivity index (χ4v) is 6.45. The lowest BCUT2D eigenvalue weighted by Crippen LogP contribution is -2.50. The van der Waals surface area contributed by atoms with Gasteiger partial charge >= 0.3 is 0 Å². The van der Waals surface area contributed by atoms with Crippen molar-refractivity contribution in [1.82, 2.24) is 0 Å². The zero-order valence-electron chi connectivity index (χ0n) is 13.2. The average molecular weight is 268 g/mol. The van der Waals surface area contributed by atoms with Gasteiger partial charge in [-0.05, 0) is 72.2 Å². The number of hydrogen-bond donors (Lipinski definition) is 0. The molecule has 0 aromatic heterocycles. The maximum atomic E-state index is 2.64. The largest absolute Gasteiger partial charge is 0.0622 e. The van der Waals surface area contributed by atoms with Crippen molar-refractivity contribution in [3.8, 4) is 0 Å². The lowest BCUT2D eigenvalue weighted by molar-refractivity contribution is -0.0620. The van der Waals surface area contributed by atoms with Gasteiger partial charge in [0.2, 0.25) is 0 Å². The summed E-state index contributed by atoms with van der Waals surface area (Å²) >= 11 is 0. The van der Waals surface area contributed by atoms with Gasteiger partial charge in [-0.1, -0.05) is 51.1 Å². The summed E-state index contributed by atoms with van der Waals surface area (Å²) in [4.78, 5) is 0. The van der Waals surface area contributed by atoms with Crippen molar-refractivity contribution in [3.63, 3.8) is 0 Å². The molecule has 3 aliphatic rings. The van der Waals surface area contributed by atoms with E-state index in [0.29, 0.717) is 5.41 Å². The summed E-state index contributed by atoms with van der Waals surface area (Å²) in [6.45, 7) is 7.60. The Morgan fingerprint density at radius 1 is 1.00 bits per heavy atom. The molecule has 3 bridgehead atoms. The van der Waals surface area contributed by atoms with Gasteiger partial charge in [-0.25, -0.2) is 0 Å². The molecule has 0 heteroatoms. The Hall–Kier alpha value is -0.780. The maximum Gasteiger partial charge on any atom is -0.00970 e. The van der Waals surface area contributed by atoms with E-state index in [4.69, 9.17) is 0 Å². The Kier molecular flexibility index (Phi) is 2.81. The highest BCUT2D eigenvalue weighted by Crippen LogP contribution is 2.70. The first-order valence-corrected chi connectivity index (χ1v) is 8.67. The average Bonchev–Trinajstić information content (AvgIpc) is 2.60. The van der Waals surface area contributed by atoms with Gasteiger partial charge in [-0.15, -0.1) is 0 Å². The minimum atomic E-state index is 0.580. The summed E-state index contributed by atoms with van der Waals surface area (Å²) in [5.41, 5.74) is 2.22. The molecule has 108 valence electrons. The molecule has 0 N–H and O–H groups in total. The molecule has 4 rings (SSSR count). The van der Waals surface area contributed by atoms with Crippen molar-refractivity contribution >= 4 is 0 Å². The fourth-order valence-electron chi connectivity index (χ4n) is 6.45. The summed E-state index contributed by atoms with van der Waals surface area (Å²) in [6.07, 6.45) is 6.04. The van der Waals surface area contributed by atoms with Crippen molar-refractivity contribution in [1.29, 1.82) is 0 Å². The zero-order valence-corrected chi connectivity index (χ0v) is 13.2. The summed E-state index contributed by atoms with van der Waals surface area (Å²) in [5, 5.41) is 0. The van der Waals surface area contributed by atoms with Crippen LogP contribution in [0.15, 0.2) is 30.3 Å². The summed E-state index contributed by atoms with van der Waals surface area (Å²) in [7, 11) is 0. The molecule has 0 nitrogen and oxygen atoms in total. The van der Waals surface area contributed by atoms with Crippen LogP contribution in [0.2, 0.25) is 0 Å². The van der Waals surface area contributed by atoms with Crippen LogP contribution in [-0.4, -0.2) is 0 Å². The van der Waals surface area contributed by atoms with Crippen LogP contribution >= 0.6 is 0 Å². The molecule has 6 unspecified atom stereocenters. The lowest BCUT2D eigenvalue weighted by Gasteiger charge is -2.57. The van der Waals surface area contributed by atoms with Crippen molar-refractivity contribution < 1.29 is 0 Å². The quantitative estimate of drug-likeness (QED) is 0.664. The minimum Gasteiger partial charge on any atom is -0.0622 e. The monoisotopic (exact) mass is 268 g/mol. The fraction of sp³-hybridized carbons (Fsp3) is 0.700. The highest BCUT2D eigenvalue weighted by Gasteiger charge is 2.62. The molecule has 0 heterocycles. The Morgan fingerprint density at radius 2 is 1.75 bits per heavy atom. The second-order valence-corrected chi connectivity index (χ2v) is 8.25. The highest BCUT2D eigenvalue weighted by molar-refractivity contribution is 5.27. The number of rotatable bonds is 2. The van der Waals surface area contributed by atoms with Crippen LogP contribution in [0.4, 0.5) is 0 Å². The third-order valence-electron chi connectivity index (χ3n) is 7.51. The summed E-state index contributed by atoms with van der Waals surface area (Å²) < 4.78 is 0. The Balaban J connectivity index is 1.80. The Labute approximate surface area is 124 Å². The van der Waals surface area contributed by atoms with Gasteiger partial charge in [0.05, 0.1) is 0 Å². The van der Waals surface area contributed by atoms with Crippen LogP contribution in [0.3, 0.4) is 0 Å². The van der Waals surface area contributed by atoms with E-state index in [-0.39, 0.29) is 0 Å². The summed E-state index contributed by atoms with van der Waals surface area (Å²) in [6, 6.07) is 11.5. The highest BCUT2D eigenvalue weighted by atomic mass is 14.7. The van der Waals surface area contributed by atoms with Gasteiger partial charge in [0.1, 0.15) is 0 Å². The van der Waals surface area contributed by atoms with E-state index >= 15 is 0 Å². The van der Waals surface area contributed by atoms with E-state index in [2.05, 4.69) is 51.1 Å². The van der Waals surface area contributed by atoms with E-state index < -0.39 is 0 Å². The molecule has 0 aliphatic heterocycles. The van der Waals surface area contributed by atoms with Crippen molar-refractivity contribution in [3.05, 3.63) is 35.9 Å². The van der Waals surface area contributed by atoms with E-state index in [1.807, 2.05) is 0 Å². The first kappa shape index (κ1) is 12.9. The molecule has 1 aromatic carbocycles. The summed E-state index contributed by atoms with van der Waals surface area (Å²) in [5.74, 6) is 5.61. The number of fused-ring (bicyclic) bond motifs is 2. The van der Waals surface area contributed by atoms with Gasteiger partial charge in [0.25, 0.3) is 0 Å². The SMILES string of the molecule is CC(C)C1(C)C2CCC3CC(C2)C(c2ccccc2)C31. The second kappa shape index (κ2) is 4.36. The van der Waals surface area contributed by atoms with Gasteiger partial charge < -0.3 is 0 Å². The van der Waals surface area contributed by atoms with Crippen molar-refractivity contribution in [2.24, 2.45) is 35.0 Å². The predicted molar refractivity (Wildman–Crippen MR) is 84.6 cm³/mol. The van der Waals surface area contributed by atoms with Crippen LogP contribution in [0.1, 0.15) is 57.9 Å². The van der Waals surface area contributed by atoms with Crippen LogP contribution in [0.5, 0.6) is 0 Å². The van der Waals surface area contributed by atoms with Gasteiger partial charge in [0, 0.05) is 0 Å². The smallest absolute Gasteiger partial charge is 0.00970 e. The molecule has 6 atom stereocenters. The first-order valence-electron chi connectivity index (χ1n) is 8.67. The Morgan fingerprint density at radius 3 is 2.45 bits per heavy atom.